The lowest BCUT2D eigenvalue weighted by Gasteiger charge is -2.09. The molecule has 0 unspecified atom stereocenters. The Bertz CT molecular complexity index is 1220. The average molecular weight is 373 g/mol. The number of carbonyl (C=O) groups excluding carboxylic acids is 1. The molecule has 2 N–H and O–H groups in total. The summed E-state index contributed by atoms with van der Waals surface area (Å²) in [6, 6.07) is 16.5. The molecular formula is C22H19N3O3. The number of aryl methyl sites for hydroxylation is 1. The standard InChI is InChI=1S/C22H19N3O3/c1-3-16-13(2)17-10-9-15(11-18(17)24-21(16)26)23-22(27)19-12-20(28-25-19)14-7-5-4-6-8-14/h4-12H,3H2,1-2H3,(H,23,27)(H,24,26). The Kier molecular flexibility index (Phi) is 4.53. The summed E-state index contributed by atoms with van der Waals surface area (Å²) in [5, 5.41) is 7.62. The van der Waals surface area contributed by atoms with Gasteiger partial charge in [0.05, 0.1) is 5.52 Å². The van der Waals surface area contributed by atoms with E-state index in [2.05, 4.69) is 15.5 Å². The highest BCUT2D eigenvalue weighted by Crippen LogP contribution is 2.23. The lowest BCUT2D eigenvalue weighted by atomic mass is 10.0. The van der Waals surface area contributed by atoms with Gasteiger partial charge in [0.1, 0.15) is 0 Å². The first-order valence-corrected chi connectivity index (χ1v) is 9.06. The molecule has 0 radical (unpaired) electrons. The highest BCUT2D eigenvalue weighted by Gasteiger charge is 2.15. The fraction of sp³-hybridized carbons (Fsp3) is 0.136. The predicted octanol–water partition coefficient (Wildman–Crippen LogP) is 4.31. The first kappa shape index (κ1) is 17.7. The quantitative estimate of drug-likeness (QED) is 0.558. The van der Waals surface area contributed by atoms with Crippen LogP contribution in [-0.4, -0.2) is 16.0 Å². The van der Waals surface area contributed by atoms with Crippen molar-refractivity contribution in [2.24, 2.45) is 0 Å². The van der Waals surface area contributed by atoms with E-state index in [1.807, 2.05) is 56.3 Å². The number of rotatable bonds is 4. The SMILES string of the molecule is CCc1c(C)c2ccc(NC(=O)c3cc(-c4ccccc4)on3)cc2[nH]c1=O. The third-order valence-corrected chi connectivity index (χ3v) is 4.81. The molecule has 0 bridgehead atoms. The Hall–Kier alpha value is -3.67. The average Bonchev–Trinajstić information content (AvgIpc) is 3.19. The number of aromatic amines is 1. The number of benzene rings is 2. The summed E-state index contributed by atoms with van der Waals surface area (Å²) in [7, 11) is 0. The lowest BCUT2D eigenvalue weighted by molar-refractivity contribution is 0.101. The molecule has 28 heavy (non-hydrogen) atoms. The van der Waals surface area contributed by atoms with Gasteiger partial charge in [-0.3, -0.25) is 9.59 Å². The molecule has 6 heteroatoms. The summed E-state index contributed by atoms with van der Waals surface area (Å²) in [5.74, 6) is 0.144. The number of carbonyl (C=O) groups is 1. The Morgan fingerprint density at radius 3 is 2.68 bits per heavy atom. The zero-order valence-corrected chi connectivity index (χ0v) is 15.6. The number of aromatic nitrogens is 2. The minimum atomic E-state index is -0.380. The van der Waals surface area contributed by atoms with Gasteiger partial charge in [-0.2, -0.15) is 0 Å². The van der Waals surface area contributed by atoms with Crippen LogP contribution in [0.4, 0.5) is 5.69 Å². The first-order valence-electron chi connectivity index (χ1n) is 9.06. The van der Waals surface area contributed by atoms with Crippen LogP contribution >= 0.6 is 0 Å². The third kappa shape index (κ3) is 3.20. The molecule has 0 saturated carbocycles. The second kappa shape index (κ2) is 7.15. The van der Waals surface area contributed by atoms with Crippen molar-refractivity contribution in [3.63, 3.8) is 0 Å². The van der Waals surface area contributed by atoms with Gasteiger partial charge >= 0.3 is 0 Å². The van der Waals surface area contributed by atoms with E-state index in [9.17, 15) is 9.59 Å². The third-order valence-electron chi connectivity index (χ3n) is 4.81. The van der Waals surface area contributed by atoms with Crippen molar-refractivity contribution in [2.75, 3.05) is 5.32 Å². The Morgan fingerprint density at radius 2 is 1.93 bits per heavy atom. The number of fused-ring (bicyclic) bond motifs is 1. The summed E-state index contributed by atoms with van der Waals surface area (Å²) < 4.78 is 5.28. The van der Waals surface area contributed by atoms with Crippen LogP contribution in [0.5, 0.6) is 0 Å². The van der Waals surface area contributed by atoms with Crippen molar-refractivity contribution in [3.8, 4) is 11.3 Å². The molecule has 2 aromatic carbocycles. The summed E-state index contributed by atoms with van der Waals surface area (Å²) in [4.78, 5) is 27.6. The fourth-order valence-electron chi connectivity index (χ4n) is 3.32. The van der Waals surface area contributed by atoms with Gasteiger partial charge in [0.15, 0.2) is 11.5 Å². The molecule has 0 spiro atoms. The highest BCUT2D eigenvalue weighted by molar-refractivity contribution is 6.04. The molecular weight excluding hydrogens is 354 g/mol. The summed E-state index contributed by atoms with van der Waals surface area (Å²) in [6.07, 6.45) is 0.672. The molecule has 0 aliphatic heterocycles. The van der Waals surface area contributed by atoms with Crippen LogP contribution in [0.2, 0.25) is 0 Å². The number of nitrogens with zero attached hydrogens (tertiary/aromatic N) is 1. The molecule has 0 atom stereocenters. The van der Waals surface area contributed by atoms with Gasteiger partial charge in [-0.25, -0.2) is 0 Å². The molecule has 1 amide bonds. The maximum atomic E-state index is 12.5. The van der Waals surface area contributed by atoms with Crippen LogP contribution in [0.3, 0.4) is 0 Å². The molecule has 0 aliphatic rings. The normalized spacial score (nSPS) is 10.9. The van der Waals surface area contributed by atoms with Crippen molar-refractivity contribution in [1.82, 2.24) is 10.1 Å². The van der Waals surface area contributed by atoms with Crippen molar-refractivity contribution in [2.45, 2.75) is 20.3 Å². The number of pyridine rings is 1. The van der Waals surface area contributed by atoms with Gasteiger partial charge < -0.3 is 14.8 Å². The van der Waals surface area contributed by atoms with Crippen LogP contribution in [0.25, 0.3) is 22.2 Å². The molecule has 4 aromatic rings. The van der Waals surface area contributed by atoms with E-state index >= 15 is 0 Å². The van der Waals surface area contributed by atoms with Crippen molar-refractivity contribution in [1.29, 1.82) is 0 Å². The number of nitrogens with one attached hydrogen (secondary N) is 2. The van der Waals surface area contributed by atoms with Gasteiger partial charge in [-0.05, 0) is 31.0 Å². The highest BCUT2D eigenvalue weighted by atomic mass is 16.5. The fourth-order valence-corrected chi connectivity index (χ4v) is 3.32. The maximum absolute atomic E-state index is 12.5. The van der Waals surface area contributed by atoms with Crippen molar-refractivity contribution < 1.29 is 9.32 Å². The minimum absolute atomic E-state index is 0.0972. The lowest BCUT2D eigenvalue weighted by Crippen LogP contribution is -2.15. The maximum Gasteiger partial charge on any atom is 0.277 e. The van der Waals surface area contributed by atoms with E-state index < -0.39 is 0 Å². The second-order valence-corrected chi connectivity index (χ2v) is 6.57. The van der Waals surface area contributed by atoms with Gasteiger partial charge in [-0.15, -0.1) is 0 Å². The van der Waals surface area contributed by atoms with Gasteiger partial charge in [-0.1, -0.05) is 48.5 Å². The summed E-state index contributed by atoms with van der Waals surface area (Å²) in [5.41, 5.74) is 3.93. The number of hydrogen-bond acceptors (Lipinski definition) is 4. The molecule has 140 valence electrons. The van der Waals surface area contributed by atoms with Crippen LogP contribution in [0.1, 0.15) is 28.5 Å². The summed E-state index contributed by atoms with van der Waals surface area (Å²) >= 11 is 0. The van der Waals surface area contributed by atoms with E-state index in [0.29, 0.717) is 23.4 Å². The molecule has 6 nitrogen and oxygen atoms in total. The largest absolute Gasteiger partial charge is 0.355 e. The first-order chi connectivity index (χ1) is 13.6. The van der Waals surface area contributed by atoms with Crippen molar-refractivity contribution >= 4 is 22.5 Å². The second-order valence-electron chi connectivity index (χ2n) is 6.57. The predicted molar refractivity (Wildman–Crippen MR) is 109 cm³/mol. The zero-order chi connectivity index (χ0) is 19.7. The van der Waals surface area contributed by atoms with Gasteiger partial charge in [0, 0.05) is 28.3 Å². The molecule has 4 rings (SSSR count). The number of hydrogen-bond donors (Lipinski definition) is 2. The topological polar surface area (TPSA) is 88.0 Å². The van der Waals surface area contributed by atoms with Gasteiger partial charge in [0.2, 0.25) is 0 Å². The van der Waals surface area contributed by atoms with Crippen LogP contribution < -0.4 is 10.9 Å². The van der Waals surface area contributed by atoms with E-state index in [1.165, 1.54) is 0 Å². The van der Waals surface area contributed by atoms with Crippen LogP contribution in [0.15, 0.2) is 63.9 Å². The Labute approximate surface area is 161 Å². The number of amides is 1. The molecule has 0 saturated heterocycles. The van der Waals surface area contributed by atoms with E-state index in [4.69, 9.17) is 4.52 Å². The summed E-state index contributed by atoms with van der Waals surface area (Å²) in [6.45, 7) is 3.90. The van der Waals surface area contributed by atoms with Crippen molar-refractivity contribution in [3.05, 3.63) is 81.8 Å². The Balaban J connectivity index is 1.61. The molecule has 2 heterocycles. The minimum Gasteiger partial charge on any atom is -0.355 e. The monoisotopic (exact) mass is 373 g/mol. The molecule has 0 aliphatic carbocycles. The zero-order valence-electron chi connectivity index (χ0n) is 15.6. The van der Waals surface area contributed by atoms with E-state index in [-0.39, 0.29) is 17.2 Å². The molecule has 2 aromatic heterocycles. The molecule has 0 fully saturated rings. The van der Waals surface area contributed by atoms with Crippen LogP contribution in [-0.2, 0) is 6.42 Å². The smallest absolute Gasteiger partial charge is 0.277 e. The van der Waals surface area contributed by atoms with Gasteiger partial charge in [0.25, 0.3) is 11.5 Å². The number of H-pyrrole nitrogens is 1. The number of anilines is 1. The van der Waals surface area contributed by atoms with Crippen LogP contribution in [0, 0.1) is 6.92 Å². The van der Waals surface area contributed by atoms with E-state index in [0.717, 1.165) is 22.1 Å². The Morgan fingerprint density at radius 1 is 1.14 bits per heavy atom. The van der Waals surface area contributed by atoms with E-state index in [1.54, 1.807) is 12.1 Å².